The third kappa shape index (κ3) is 2.04. The summed E-state index contributed by atoms with van der Waals surface area (Å²) in [6.45, 7) is 6.44. The first kappa shape index (κ1) is 11.7. The van der Waals surface area contributed by atoms with Gasteiger partial charge < -0.3 is 4.40 Å². The van der Waals surface area contributed by atoms with Crippen molar-refractivity contribution in [1.82, 2.24) is 9.38 Å². The highest BCUT2D eigenvalue weighted by Gasteiger charge is 2.19. The number of rotatable bonds is 1. The van der Waals surface area contributed by atoms with Gasteiger partial charge in [-0.25, -0.2) is 4.98 Å². The van der Waals surface area contributed by atoms with E-state index in [1.54, 1.807) is 0 Å². The van der Waals surface area contributed by atoms with Crippen molar-refractivity contribution < 1.29 is 0 Å². The standard InChI is InChI=1S/C12H14Cl2N2/c1-12(2,3)10-4-8(14)6-16-7-9(5-13)15-11(10)16/h4,6-7H,5H2,1-3H3. The Morgan fingerprint density at radius 1 is 1.31 bits per heavy atom. The van der Waals surface area contributed by atoms with Crippen LogP contribution in [0.25, 0.3) is 5.65 Å². The summed E-state index contributed by atoms with van der Waals surface area (Å²) in [5.41, 5.74) is 2.96. The Hall–Kier alpha value is -0.730. The molecule has 0 aromatic carbocycles. The number of imidazole rings is 1. The molecule has 0 bridgehead atoms. The minimum atomic E-state index is 0.0150. The van der Waals surface area contributed by atoms with Crippen molar-refractivity contribution >= 4 is 28.8 Å². The highest BCUT2D eigenvalue weighted by molar-refractivity contribution is 6.30. The second-order valence-corrected chi connectivity index (χ2v) is 5.62. The first-order valence-electron chi connectivity index (χ1n) is 5.15. The number of halogens is 2. The maximum Gasteiger partial charge on any atom is 0.140 e. The van der Waals surface area contributed by atoms with E-state index in [-0.39, 0.29) is 5.41 Å². The largest absolute Gasteiger partial charge is 0.305 e. The molecule has 2 nitrogen and oxygen atoms in total. The van der Waals surface area contributed by atoms with Crippen LogP contribution in [-0.2, 0) is 11.3 Å². The highest BCUT2D eigenvalue weighted by Crippen LogP contribution is 2.29. The molecule has 0 unspecified atom stereocenters. The highest BCUT2D eigenvalue weighted by atomic mass is 35.5. The molecule has 0 N–H and O–H groups in total. The summed E-state index contributed by atoms with van der Waals surface area (Å²) >= 11 is 11.9. The van der Waals surface area contributed by atoms with Gasteiger partial charge in [0, 0.05) is 18.0 Å². The molecule has 0 spiro atoms. The van der Waals surface area contributed by atoms with Gasteiger partial charge in [-0.15, -0.1) is 11.6 Å². The molecule has 2 heterocycles. The Bertz CT molecular complexity index is 524. The monoisotopic (exact) mass is 256 g/mol. The lowest BCUT2D eigenvalue weighted by atomic mass is 9.88. The summed E-state index contributed by atoms with van der Waals surface area (Å²) < 4.78 is 1.95. The van der Waals surface area contributed by atoms with E-state index in [0.29, 0.717) is 5.88 Å². The van der Waals surface area contributed by atoms with Crippen LogP contribution in [0.3, 0.4) is 0 Å². The van der Waals surface area contributed by atoms with Crippen molar-refractivity contribution in [2.24, 2.45) is 0 Å². The molecular formula is C12H14Cl2N2. The van der Waals surface area contributed by atoms with Crippen molar-refractivity contribution in [3.8, 4) is 0 Å². The predicted octanol–water partition coefficient (Wildman–Crippen LogP) is 4.02. The molecule has 16 heavy (non-hydrogen) atoms. The van der Waals surface area contributed by atoms with E-state index >= 15 is 0 Å². The molecule has 0 atom stereocenters. The SMILES string of the molecule is CC(C)(C)c1cc(Cl)cn2cc(CCl)nc12. The van der Waals surface area contributed by atoms with Crippen LogP contribution in [0.4, 0.5) is 0 Å². The molecule has 2 rings (SSSR count). The van der Waals surface area contributed by atoms with Gasteiger partial charge in [0.2, 0.25) is 0 Å². The lowest BCUT2D eigenvalue weighted by Crippen LogP contribution is -2.13. The van der Waals surface area contributed by atoms with Gasteiger partial charge in [-0.3, -0.25) is 0 Å². The summed E-state index contributed by atoms with van der Waals surface area (Å²) in [6, 6.07) is 1.97. The van der Waals surface area contributed by atoms with Gasteiger partial charge in [0.25, 0.3) is 0 Å². The van der Waals surface area contributed by atoms with E-state index in [0.717, 1.165) is 21.9 Å². The van der Waals surface area contributed by atoms with E-state index < -0.39 is 0 Å². The van der Waals surface area contributed by atoms with E-state index in [1.807, 2.05) is 22.9 Å². The number of pyridine rings is 1. The quantitative estimate of drug-likeness (QED) is 0.705. The molecule has 0 amide bonds. The van der Waals surface area contributed by atoms with Crippen LogP contribution in [0.2, 0.25) is 5.02 Å². The Balaban J connectivity index is 2.76. The Labute approximate surface area is 105 Å². The Morgan fingerprint density at radius 2 is 2.00 bits per heavy atom. The zero-order valence-electron chi connectivity index (χ0n) is 9.59. The molecule has 0 radical (unpaired) electrons. The van der Waals surface area contributed by atoms with Crippen LogP contribution < -0.4 is 0 Å². The van der Waals surface area contributed by atoms with Crippen molar-refractivity contribution in [2.75, 3.05) is 0 Å². The minimum absolute atomic E-state index is 0.0150. The molecule has 0 fully saturated rings. The van der Waals surface area contributed by atoms with Gasteiger partial charge in [0.15, 0.2) is 0 Å². The van der Waals surface area contributed by atoms with Gasteiger partial charge >= 0.3 is 0 Å². The summed E-state index contributed by atoms with van der Waals surface area (Å²) in [5, 5.41) is 0.718. The maximum atomic E-state index is 6.10. The zero-order chi connectivity index (χ0) is 11.9. The third-order valence-corrected chi connectivity index (χ3v) is 2.99. The second kappa shape index (κ2) is 3.94. The number of alkyl halides is 1. The van der Waals surface area contributed by atoms with Crippen molar-refractivity contribution in [3.63, 3.8) is 0 Å². The molecule has 0 saturated carbocycles. The zero-order valence-corrected chi connectivity index (χ0v) is 11.1. The minimum Gasteiger partial charge on any atom is -0.305 e. The number of hydrogen-bond donors (Lipinski definition) is 0. The lowest BCUT2D eigenvalue weighted by molar-refractivity contribution is 0.591. The van der Waals surface area contributed by atoms with Crippen LogP contribution in [0.5, 0.6) is 0 Å². The van der Waals surface area contributed by atoms with Crippen molar-refractivity contribution in [2.45, 2.75) is 32.1 Å². The number of fused-ring (bicyclic) bond motifs is 1. The van der Waals surface area contributed by atoms with Crippen LogP contribution >= 0.6 is 23.2 Å². The molecule has 2 aromatic rings. The summed E-state index contributed by atoms with van der Waals surface area (Å²) in [5.74, 6) is 0.420. The van der Waals surface area contributed by atoms with Gasteiger partial charge in [0.1, 0.15) is 5.65 Å². The van der Waals surface area contributed by atoms with Crippen LogP contribution in [0.1, 0.15) is 32.0 Å². The van der Waals surface area contributed by atoms with Crippen molar-refractivity contribution in [3.05, 3.63) is 34.7 Å². The van der Waals surface area contributed by atoms with Gasteiger partial charge in [-0.2, -0.15) is 0 Å². The fourth-order valence-electron chi connectivity index (χ4n) is 1.73. The Kier molecular flexibility index (Phi) is 2.89. The normalized spacial score (nSPS) is 12.3. The average Bonchev–Trinajstić information content (AvgIpc) is 2.57. The number of nitrogens with zero attached hydrogens (tertiary/aromatic N) is 2. The van der Waals surface area contributed by atoms with E-state index in [2.05, 4.69) is 25.8 Å². The van der Waals surface area contributed by atoms with Crippen molar-refractivity contribution in [1.29, 1.82) is 0 Å². The molecular weight excluding hydrogens is 243 g/mol. The fourth-order valence-corrected chi connectivity index (χ4v) is 2.07. The Morgan fingerprint density at radius 3 is 2.56 bits per heavy atom. The smallest absolute Gasteiger partial charge is 0.140 e. The van der Waals surface area contributed by atoms with Crippen LogP contribution in [0, 0.1) is 0 Å². The molecule has 0 aliphatic heterocycles. The summed E-state index contributed by atoms with van der Waals surface area (Å²) in [6.07, 6.45) is 3.78. The molecule has 2 aromatic heterocycles. The second-order valence-electron chi connectivity index (χ2n) is 4.92. The van der Waals surface area contributed by atoms with Gasteiger partial charge in [0.05, 0.1) is 16.6 Å². The summed E-state index contributed by atoms with van der Waals surface area (Å²) in [4.78, 5) is 4.51. The molecule has 0 saturated heterocycles. The fraction of sp³-hybridized carbons (Fsp3) is 0.417. The number of hydrogen-bond acceptors (Lipinski definition) is 1. The third-order valence-electron chi connectivity index (χ3n) is 2.51. The first-order chi connectivity index (χ1) is 7.41. The first-order valence-corrected chi connectivity index (χ1v) is 6.06. The maximum absolute atomic E-state index is 6.10. The lowest BCUT2D eigenvalue weighted by Gasteiger charge is -2.19. The molecule has 0 aliphatic rings. The number of aromatic nitrogens is 2. The predicted molar refractivity (Wildman–Crippen MR) is 68.5 cm³/mol. The summed E-state index contributed by atoms with van der Waals surface area (Å²) in [7, 11) is 0. The molecule has 86 valence electrons. The average molecular weight is 257 g/mol. The molecule has 0 aliphatic carbocycles. The van der Waals surface area contributed by atoms with Gasteiger partial charge in [-0.1, -0.05) is 32.4 Å². The van der Waals surface area contributed by atoms with Crippen LogP contribution in [0.15, 0.2) is 18.5 Å². The van der Waals surface area contributed by atoms with E-state index in [4.69, 9.17) is 23.2 Å². The van der Waals surface area contributed by atoms with Crippen LogP contribution in [-0.4, -0.2) is 9.38 Å². The topological polar surface area (TPSA) is 17.3 Å². The molecule has 4 heteroatoms. The van der Waals surface area contributed by atoms with E-state index in [9.17, 15) is 0 Å². The van der Waals surface area contributed by atoms with E-state index in [1.165, 1.54) is 0 Å². The van der Waals surface area contributed by atoms with Gasteiger partial charge in [-0.05, 0) is 11.5 Å².